The number of amides is 1. The van der Waals surface area contributed by atoms with Crippen LogP contribution in [-0.4, -0.2) is 11.9 Å². The molecule has 2 atom stereocenters. The molecule has 0 saturated heterocycles. The Morgan fingerprint density at radius 3 is 2.59 bits per heavy atom. The molecule has 4 nitrogen and oxygen atoms in total. The van der Waals surface area contributed by atoms with Crippen LogP contribution in [0.3, 0.4) is 0 Å². The number of carbonyl (C=O) groups is 1. The highest BCUT2D eigenvalue weighted by Crippen LogP contribution is 2.39. The standard InChI is InChI=1S/C24H27N3OS/c1-3-24(28)27-16(2)14-21(20-6-4-5-7-22(20)27)26-18-10-8-17(9-11-18)23-13-12-19(15-25)29-23/h4-13,16,21,26H,3,14-15,25H2,1-2H3/t16-,21+/m0/s1. The maximum Gasteiger partial charge on any atom is 0.226 e. The third-order valence-electron chi connectivity index (χ3n) is 5.53. The summed E-state index contributed by atoms with van der Waals surface area (Å²) in [6.07, 6.45) is 1.40. The van der Waals surface area contributed by atoms with Crippen molar-refractivity contribution >= 4 is 28.6 Å². The third kappa shape index (κ3) is 3.93. The van der Waals surface area contributed by atoms with Crippen LogP contribution in [0.1, 0.15) is 43.2 Å². The summed E-state index contributed by atoms with van der Waals surface area (Å²) in [6.45, 7) is 4.64. The van der Waals surface area contributed by atoms with E-state index in [4.69, 9.17) is 5.73 Å². The Morgan fingerprint density at radius 2 is 1.90 bits per heavy atom. The van der Waals surface area contributed by atoms with Gasteiger partial charge in [0.25, 0.3) is 0 Å². The van der Waals surface area contributed by atoms with Gasteiger partial charge in [-0.25, -0.2) is 0 Å². The predicted molar refractivity (Wildman–Crippen MR) is 122 cm³/mol. The molecule has 0 aliphatic carbocycles. The fourth-order valence-electron chi connectivity index (χ4n) is 4.07. The Kier molecular flexibility index (Phi) is 5.69. The minimum Gasteiger partial charge on any atom is -0.378 e. The van der Waals surface area contributed by atoms with Crippen molar-refractivity contribution in [3.8, 4) is 10.4 Å². The molecule has 1 aliphatic heterocycles. The number of hydrogen-bond donors (Lipinski definition) is 2. The molecular formula is C24H27N3OS. The largest absolute Gasteiger partial charge is 0.378 e. The zero-order chi connectivity index (χ0) is 20.4. The van der Waals surface area contributed by atoms with Crippen molar-refractivity contribution in [2.45, 2.75) is 45.3 Å². The Labute approximate surface area is 176 Å². The summed E-state index contributed by atoms with van der Waals surface area (Å²) < 4.78 is 0. The molecule has 3 N–H and O–H groups in total. The fourth-order valence-corrected chi connectivity index (χ4v) is 4.97. The van der Waals surface area contributed by atoms with E-state index in [1.165, 1.54) is 20.9 Å². The SMILES string of the molecule is CCC(=O)N1c2ccccc2[C@H](Nc2ccc(-c3ccc(CN)s3)cc2)C[C@@H]1C. The highest BCUT2D eigenvalue weighted by atomic mass is 32.1. The highest BCUT2D eigenvalue weighted by molar-refractivity contribution is 7.15. The van der Waals surface area contributed by atoms with Crippen molar-refractivity contribution in [3.05, 3.63) is 71.1 Å². The zero-order valence-electron chi connectivity index (χ0n) is 16.9. The molecule has 0 saturated carbocycles. The maximum atomic E-state index is 12.5. The second kappa shape index (κ2) is 8.39. The van der Waals surface area contributed by atoms with Gasteiger partial charge in [-0.2, -0.15) is 0 Å². The number of benzene rings is 2. The number of hydrogen-bond acceptors (Lipinski definition) is 4. The molecule has 1 aromatic heterocycles. The maximum absolute atomic E-state index is 12.5. The number of rotatable bonds is 5. The Bertz CT molecular complexity index is 995. The number of fused-ring (bicyclic) bond motifs is 1. The molecule has 0 unspecified atom stereocenters. The molecule has 1 amide bonds. The first-order valence-electron chi connectivity index (χ1n) is 10.2. The number of nitrogens with zero attached hydrogens (tertiary/aromatic N) is 1. The van der Waals surface area contributed by atoms with E-state index in [1.807, 2.05) is 24.0 Å². The van der Waals surface area contributed by atoms with E-state index in [0.717, 1.165) is 17.8 Å². The van der Waals surface area contributed by atoms with E-state index in [1.54, 1.807) is 11.3 Å². The van der Waals surface area contributed by atoms with E-state index in [0.29, 0.717) is 13.0 Å². The van der Waals surface area contributed by atoms with Gasteiger partial charge in [0.2, 0.25) is 5.91 Å². The van der Waals surface area contributed by atoms with Crippen LogP contribution in [0.4, 0.5) is 11.4 Å². The summed E-state index contributed by atoms with van der Waals surface area (Å²) in [4.78, 5) is 16.9. The summed E-state index contributed by atoms with van der Waals surface area (Å²) >= 11 is 1.74. The zero-order valence-corrected chi connectivity index (χ0v) is 17.7. The Balaban J connectivity index is 1.56. The van der Waals surface area contributed by atoms with E-state index in [9.17, 15) is 4.79 Å². The van der Waals surface area contributed by atoms with Crippen LogP contribution in [0.25, 0.3) is 10.4 Å². The molecule has 29 heavy (non-hydrogen) atoms. The first-order chi connectivity index (χ1) is 14.1. The number of thiophene rings is 1. The van der Waals surface area contributed by atoms with E-state index in [-0.39, 0.29) is 18.0 Å². The average molecular weight is 406 g/mol. The van der Waals surface area contributed by atoms with Crippen LogP contribution in [0.2, 0.25) is 0 Å². The van der Waals surface area contributed by atoms with Crippen molar-refractivity contribution in [1.29, 1.82) is 0 Å². The summed E-state index contributed by atoms with van der Waals surface area (Å²) in [5.74, 6) is 0.181. The monoisotopic (exact) mass is 405 g/mol. The summed E-state index contributed by atoms with van der Waals surface area (Å²) in [5.41, 5.74) is 10.2. The van der Waals surface area contributed by atoms with E-state index < -0.39 is 0 Å². The quantitative estimate of drug-likeness (QED) is 0.584. The van der Waals surface area contributed by atoms with Gasteiger partial charge < -0.3 is 16.0 Å². The molecule has 4 rings (SSSR count). The Morgan fingerprint density at radius 1 is 1.14 bits per heavy atom. The normalized spacial score (nSPS) is 18.4. The second-order valence-electron chi connectivity index (χ2n) is 7.51. The first-order valence-corrected chi connectivity index (χ1v) is 11.0. The van der Waals surface area contributed by atoms with Crippen molar-refractivity contribution < 1.29 is 4.79 Å². The lowest BCUT2D eigenvalue weighted by Gasteiger charge is -2.40. The predicted octanol–water partition coefficient (Wildman–Crippen LogP) is 5.56. The molecule has 2 heterocycles. The van der Waals surface area contributed by atoms with Crippen molar-refractivity contribution in [2.24, 2.45) is 5.73 Å². The third-order valence-corrected chi connectivity index (χ3v) is 6.69. The molecule has 5 heteroatoms. The Hall–Kier alpha value is -2.63. The molecule has 2 aromatic carbocycles. The van der Waals surface area contributed by atoms with Crippen LogP contribution < -0.4 is 16.0 Å². The van der Waals surface area contributed by atoms with Crippen LogP contribution in [0, 0.1) is 0 Å². The van der Waals surface area contributed by atoms with Gasteiger partial charge in [-0.3, -0.25) is 4.79 Å². The van der Waals surface area contributed by atoms with E-state index in [2.05, 4.69) is 60.8 Å². The number of nitrogens with one attached hydrogen (secondary N) is 1. The van der Waals surface area contributed by atoms with Gasteiger partial charge >= 0.3 is 0 Å². The van der Waals surface area contributed by atoms with Gasteiger partial charge in [0.05, 0.1) is 6.04 Å². The van der Waals surface area contributed by atoms with Crippen molar-refractivity contribution in [3.63, 3.8) is 0 Å². The number of para-hydroxylation sites is 1. The summed E-state index contributed by atoms with van der Waals surface area (Å²) in [6, 6.07) is 21.4. The van der Waals surface area contributed by atoms with Gasteiger partial charge in [-0.05, 0) is 54.8 Å². The number of carbonyl (C=O) groups excluding carboxylic acids is 1. The lowest BCUT2D eigenvalue weighted by atomic mass is 9.91. The lowest BCUT2D eigenvalue weighted by Crippen LogP contribution is -2.44. The smallest absolute Gasteiger partial charge is 0.226 e. The molecular weight excluding hydrogens is 378 g/mol. The summed E-state index contributed by atoms with van der Waals surface area (Å²) in [5, 5.41) is 3.69. The van der Waals surface area contributed by atoms with E-state index >= 15 is 0 Å². The molecule has 0 fully saturated rings. The minimum absolute atomic E-state index is 0.162. The van der Waals surface area contributed by atoms with Gasteiger partial charge in [-0.15, -0.1) is 11.3 Å². The fraction of sp³-hybridized carbons (Fsp3) is 0.292. The second-order valence-corrected chi connectivity index (χ2v) is 8.67. The van der Waals surface area contributed by atoms with Crippen LogP contribution >= 0.6 is 11.3 Å². The average Bonchev–Trinajstić information content (AvgIpc) is 3.23. The van der Waals surface area contributed by atoms with Crippen LogP contribution in [-0.2, 0) is 11.3 Å². The molecule has 1 aliphatic rings. The molecule has 3 aromatic rings. The molecule has 0 spiro atoms. The highest BCUT2D eigenvalue weighted by Gasteiger charge is 2.32. The number of nitrogens with two attached hydrogens (primary N) is 1. The van der Waals surface area contributed by atoms with Crippen LogP contribution in [0.5, 0.6) is 0 Å². The van der Waals surface area contributed by atoms with Crippen molar-refractivity contribution in [2.75, 3.05) is 10.2 Å². The molecule has 0 bridgehead atoms. The molecule has 0 radical (unpaired) electrons. The van der Waals surface area contributed by atoms with Crippen molar-refractivity contribution in [1.82, 2.24) is 0 Å². The van der Waals surface area contributed by atoms with Gasteiger partial charge in [0, 0.05) is 40.1 Å². The minimum atomic E-state index is 0.162. The number of anilines is 2. The lowest BCUT2D eigenvalue weighted by molar-refractivity contribution is -0.118. The topological polar surface area (TPSA) is 58.4 Å². The first kappa shape index (κ1) is 19.7. The van der Waals surface area contributed by atoms with Gasteiger partial charge in [0.1, 0.15) is 0 Å². The van der Waals surface area contributed by atoms with Gasteiger partial charge in [-0.1, -0.05) is 37.3 Å². The molecule has 150 valence electrons. The van der Waals surface area contributed by atoms with Crippen LogP contribution in [0.15, 0.2) is 60.7 Å². The van der Waals surface area contributed by atoms with Gasteiger partial charge in [0.15, 0.2) is 0 Å². The summed E-state index contributed by atoms with van der Waals surface area (Å²) in [7, 11) is 0.